The molecule has 0 radical (unpaired) electrons. The molecule has 0 aliphatic carbocycles. The lowest BCUT2D eigenvalue weighted by molar-refractivity contribution is -0.142. The van der Waals surface area contributed by atoms with E-state index in [1.807, 2.05) is 0 Å². The summed E-state index contributed by atoms with van der Waals surface area (Å²) < 4.78 is 24.2. The molecule has 0 aromatic carbocycles. The van der Waals surface area contributed by atoms with E-state index in [1.54, 1.807) is 0 Å². The number of carboxylic acids is 1. The minimum Gasteiger partial charge on any atom is -0.481 e. The second-order valence-corrected chi connectivity index (χ2v) is 5.30. The maximum atomic E-state index is 10.9. The van der Waals surface area contributed by atoms with Gasteiger partial charge in [-0.2, -0.15) is 0 Å². The van der Waals surface area contributed by atoms with Gasteiger partial charge in [0.05, 0.1) is 12.2 Å². The lowest BCUT2D eigenvalue weighted by atomic mass is 9.97. The molecule has 1 rings (SSSR count). The smallest absolute Gasteiger partial charge is 0.307 e. The molecule has 1 heterocycles. The molecule has 0 bridgehead atoms. The molecule has 7 heteroatoms. The highest BCUT2D eigenvalue weighted by atomic mass is 32.2. The van der Waals surface area contributed by atoms with Crippen molar-refractivity contribution in [1.82, 2.24) is 10.0 Å². The van der Waals surface area contributed by atoms with Gasteiger partial charge in [0.2, 0.25) is 10.0 Å². The van der Waals surface area contributed by atoms with E-state index >= 15 is 0 Å². The molecule has 0 saturated carbocycles. The number of nitrogens with one attached hydrogen (secondary N) is 2. The van der Waals surface area contributed by atoms with E-state index in [-0.39, 0.29) is 6.04 Å². The Hall–Kier alpha value is -0.660. The lowest BCUT2D eigenvalue weighted by Gasteiger charge is -2.27. The third-order valence-electron chi connectivity index (χ3n) is 2.08. The van der Waals surface area contributed by atoms with E-state index in [1.165, 1.54) is 0 Å². The average molecular weight is 222 g/mol. The highest BCUT2D eigenvalue weighted by molar-refractivity contribution is 7.88. The third-order valence-corrected chi connectivity index (χ3v) is 2.84. The molecule has 6 nitrogen and oxygen atoms in total. The molecule has 0 aromatic heterocycles. The molecule has 1 aliphatic heterocycles. The second-order valence-electron chi connectivity index (χ2n) is 3.52. The monoisotopic (exact) mass is 222 g/mol. The molecule has 1 fully saturated rings. The van der Waals surface area contributed by atoms with Gasteiger partial charge in [-0.3, -0.25) is 4.79 Å². The fourth-order valence-electron chi connectivity index (χ4n) is 1.52. The Balaban J connectivity index is 2.52. The third kappa shape index (κ3) is 3.60. The van der Waals surface area contributed by atoms with E-state index in [9.17, 15) is 13.2 Å². The van der Waals surface area contributed by atoms with Crippen molar-refractivity contribution in [3.8, 4) is 0 Å². The van der Waals surface area contributed by atoms with Crippen molar-refractivity contribution in [2.45, 2.75) is 12.5 Å². The molecule has 2 atom stereocenters. The van der Waals surface area contributed by atoms with Gasteiger partial charge in [-0.25, -0.2) is 13.1 Å². The van der Waals surface area contributed by atoms with Gasteiger partial charge in [0.25, 0.3) is 0 Å². The van der Waals surface area contributed by atoms with Crippen LogP contribution in [-0.2, 0) is 14.8 Å². The Morgan fingerprint density at radius 2 is 2.14 bits per heavy atom. The first-order chi connectivity index (χ1) is 6.38. The van der Waals surface area contributed by atoms with Crippen LogP contribution >= 0.6 is 0 Å². The first-order valence-electron chi connectivity index (χ1n) is 4.29. The number of carboxylic acid groups (broad SMARTS) is 1. The van der Waals surface area contributed by atoms with Gasteiger partial charge < -0.3 is 10.4 Å². The molecule has 2 unspecified atom stereocenters. The van der Waals surface area contributed by atoms with Crippen molar-refractivity contribution in [3.05, 3.63) is 0 Å². The minimum absolute atomic E-state index is 0.320. The van der Waals surface area contributed by atoms with Gasteiger partial charge in [0.15, 0.2) is 0 Å². The highest BCUT2D eigenvalue weighted by Crippen LogP contribution is 2.11. The Labute approximate surface area is 82.7 Å². The topological polar surface area (TPSA) is 95.5 Å². The van der Waals surface area contributed by atoms with Crippen LogP contribution in [0.2, 0.25) is 0 Å². The number of sulfonamides is 1. The normalized spacial score (nSPS) is 28.6. The molecular weight excluding hydrogens is 208 g/mol. The van der Waals surface area contributed by atoms with Gasteiger partial charge >= 0.3 is 5.97 Å². The fourth-order valence-corrected chi connectivity index (χ4v) is 2.31. The zero-order valence-electron chi connectivity index (χ0n) is 7.86. The molecule has 0 amide bonds. The van der Waals surface area contributed by atoms with Crippen LogP contribution in [-0.4, -0.2) is 44.9 Å². The molecule has 1 aliphatic rings. The summed E-state index contributed by atoms with van der Waals surface area (Å²) in [6.45, 7) is 0.883. The van der Waals surface area contributed by atoms with Crippen LogP contribution in [0, 0.1) is 5.92 Å². The fraction of sp³-hybridized carbons (Fsp3) is 0.857. The molecule has 82 valence electrons. The van der Waals surface area contributed by atoms with Crippen molar-refractivity contribution in [1.29, 1.82) is 0 Å². The first kappa shape index (κ1) is 11.4. The summed E-state index contributed by atoms with van der Waals surface area (Å²) in [5.74, 6) is -1.40. The van der Waals surface area contributed by atoms with Crippen molar-refractivity contribution in [2.75, 3.05) is 19.3 Å². The summed E-state index contributed by atoms with van der Waals surface area (Å²) in [6.07, 6.45) is 1.41. The Morgan fingerprint density at radius 3 is 2.64 bits per heavy atom. The molecule has 0 spiro atoms. The van der Waals surface area contributed by atoms with Gasteiger partial charge in [-0.05, 0) is 6.42 Å². The highest BCUT2D eigenvalue weighted by Gasteiger charge is 2.27. The van der Waals surface area contributed by atoms with Gasteiger partial charge in [0, 0.05) is 19.1 Å². The van der Waals surface area contributed by atoms with E-state index in [2.05, 4.69) is 10.0 Å². The van der Waals surface area contributed by atoms with Crippen LogP contribution in [0.5, 0.6) is 0 Å². The number of hydrogen-bond acceptors (Lipinski definition) is 4. The standard InChI is InChI=1S/C7H14N2O4S/c1-14(12,13)9-6-2-5(7(10)11)3-8-4-6/h5-6,8-9H,2-4H2,1H3,(H,10,11). The summed E-state index contributed by atoms with van der Waals surface area (Å²) in [5.41, 5.74) is 0. The zero-order valence-corrected chi connectivity index (χ0v) is 8.67. The van der Waals surface area contributed by atoms with Gasteiger partial charge in [-0.15, -0.1) is 0 Å². The zero-order chi connectivity index (χ0) is 10.8. The van der Waals surface area contributed by atoms with Crippen molar-refractivity contribution in [2.24, 2.45) is 5.92 Å². The van der Waals surface area contributed by atoms with Crippen LogP contribution in [0.1, 0.15) is 6.42 Å². The van der Waals surface area contributed by atoms with Crippen LogP contribution in [0.3, 0.4) is 0 Å². The number of piperidine rings is 1. The number of rotatable bonds is 3. The van der Waals surface area contributed by atoms with E-state index < -0.39 is 21.9 Å². The average Bonchev–Trinajstić information content (AvgIpc) is 2.01. The largest absolute Gasteiger partial charge is 0.481 e. The van der Waals surface area contributed by atoms with Crippen LogP contribution in [0.4, 0.5) is 0 Å². The maximum absolute atomic E-state index is 10.9. The molecule has 14 heavy (non-hydrogen) atoms. The number of aliphatic carboxylic acids is 1. The predicted octanol–water partition coefficient (Wildman–Crippen LogP) is -1.40. The molecule has 3 N–H and O–H groups in total. The van der Waals surface area contributed by atoms with E-state index in [4.69, 9.17) is 5.11 Å². The van der Waals surface area contributed by atoms with Crippen LogP contribution < -0.4 is 10.0 Å². The van der Waals surface area contributed by atoms with Gasteiger partial charge in [0.1, 0.15) is 0 Å². The van der Waals surface area contributed by atoms with Crippen molar-refractivity contribution in [3.63, 3.8) is 0 Å². The molecular formula is C7H14N2O4S. The predicted molar refractivity (Wildman–Crippen MR) is 50.4 cm³/mol. The minimum atomic E-state index is -3.26. The van der Waals surface area contributed by atoms with Gasteiger partial charge in [-0.1, -0.05) is 0 Å². The summed E-state index contributed by atoms with van der Waals surface area (Å²) in [5, 5.41) is 11.6. The lowest BCUT2D eigenvalue weighted by Crippen LogP contribution is -2.50. The van der Waals surface area contributed by atoms with Crippen molar-refractivity contribution >= 4 is 16.0 Å². The Bertz CT molecular complexity index is 314. The second kappa shape index (κ2) is 4.24. The van der Waals surface area contributed by atoms with E-state index in [0.717, 1.165) is 6.26 Å². The van der Waals surface area contributed by atoms with Crippen LogP contribution in [0.15, 0.2) is 0 Å². The summed E-state index contributed by atoms with van der Waals surface area (Å²) in [4.78, 5) is 10.6. The maximum Gasteiger partial charge on any atom is 0.307 e. The van der Waals surface area contributed by atoms with Crippen molar-refractivity contribution < 1.29 is 18.3 Å². The SMILES string of the molecule is CS(=O)(=O)NC1CNCC(C(=O)O)C1. The molecule has 0 aromatic rings. The summed E-state index contributed by atoms with van der Waals surface area (Å²) >= 11 is 0. The Kier molecular flexibility index (Phi) is 3.46. The van der Waals surface area contributed by atoms with E-state index in [0.29, 0.717) is 19.5 Å². The number of hydrogen-bond donors (Lipinski definition) is 3. The number of carbonyl (C=O) groups is 1. The summed E-state index contributed by atoms with van der Waals surface area (Å²) in [7, 11) is -3.26. The molecule has 1 saturated heterocycles. The van der Waals surface area contributed by atoms with Crippen LogP contribution in [0.25, 0.3) is 0 Å². The Morgan fingerprint density at radius 1 is 1.50 bits per heavy atom. The first-order valence-corrected chi connectivity index (χ1v) is 6.18. The quantitative estimate of drug-likeness (QED) is 0.546. The summed E-state index contributed by atoms with van der Waals surface area (Å²) in [6, 6.07) is -0.320.